The first kappa shape index (κ1) is 24.8. The fourth-order valence-corrected chi connectivity index (χ4v) is 3.59. The van der Waals surface area contributed by atoms with Gasteiger partial charge >= 0.3 is 23.9 Å². The Hall–Kier alpha value is -3.81. The summed E-state index contributed by atoms with van der Waals surface area (Å²) in [6.07, 6.45) is -2.01. The van der Waals surface area contributed by atoms with Gasteiger partial charge in [-0.05, 0) is 6.92 Å². The van der Waals surface area contributed by atoms with E-state index in [9.17, 15) is 24.0 Å². The second-order valence-electron chi connectivity index (χ2n) is 7.50. The summed E-state index contributed by atoms with van der Waals surface area (Å²) in [4.78, 5) is 67.9. The Morgan fingerprint density at radius 2 is 1.68 bits per heavy atom. The molecule has 1 saturated heterocycles. The molecule has 0 radical (unpaired) electrons. The maximum absolute atomic E-state index is 12.9. The largest absolute Gasteiger partial charge is 0.467 e. The Labute approximate surface area is 192 Å². The maximum atomic E-state index is 12.9. The standard InChI is InChI=1S/C20H24N4O10/c1-9(20(29)30-5)23-8-22-17-14(18(23)28)21-7-24(17)19-16(33-12(4)27)15(32-11(3)26)13(34-19)6-31-10(2)25/h7-9,13,15-16,19H,6H2,1-5H3/t9?,13-,15-,16-,19-/m1/s1. The van der Waals surface area contributed by atoms with Crippen molar-refractivity contribution in [3.05, 3.63) is 23.0 Å². The van der Waals surface area contributed by atoms with Gasteiger partial charge in [-0.2, -0.15) is 0 Å². The second kappa shape index (κ2) is 9.99. The van der Waals surface area contributed by atoms with E-state index in [1.807, 2.05) is 0 Å². The third kappa shape index (κ3) is 4.90. The molecule has 1 aliphatic heterocycles. The highest BCUT2D eigenvalue weighted by Gasteiger charge is 2.51. The number of hydrogen-bond donors (Lipinski definition) is 0. The van der Waals surface area contributed by atoms with Gasteiger partial charge in [-0.25, -0.2) is 14.8 Å². The lowest BCUT2D eigenvalue weighted by Crippen LogP contribution is -2.40. The van der Waals surface area contributed by atoms with Crippen molar-refractivity contribution in [2.24, 2.45) is 0 Å². The quantitative estimate of drug-likeness (QED) is 0.374. The minimum atomic E-state index is -1.17. The predicted octanol–water partition coefficient (Wildman–Crippen LogP) is -0.349. The lowest BCUT2D eigenvalue weighted by Gasteiger charge is -2.23. The number of hydrogen-bond acceptors (Lipinski definition) is 12. The first-order valence-corrected chi connectivity index (χ1v) is 10.2. The molecule has 1 fully saturated rings. The molecule has 1 aliphatic rings. The Bertz CT molecular complexity index is 1170. The smallest absolute Gasteiger partial charge is 0.328 e. The summed E-state index contributed by atoms with van der Waals surface area (Å²) in [5.74, 6) is -2.59. The highest BCUT2D eigenvalue weighted by molar-refractivity contribution is 5.75. The number of nitrogens with zero attached hydrogens (tertiary/aromatic N) is 4. The van der Waals surface area contributed by atoms with E-state index in [0.717, 1.165) is 10.9 Å². The molecule has 1 unspecified atom stereocenters. The molecule has 2 aromatic rings. The van der Waals surface area contributed by atoms with Gasteiger partial charge in [0.2, 0.25) is 0 Å². The van der Waals surface area contributed by atoms with Crippen LogP contribution in [-0.4, -0.2) is 75.0 Å². The van der Waals surface area contributed by atoms with E-state index >= 15 is 0 Å². The summed E-state index contributed by atoms with van der Waals surface area (Å²) in [7, 11) is 1.20. The number of methoxy groups -OCH3 is 1. The summed E-state index contributed by atoms with van der Waals surface area (Å²) in [5, 5.41) is 0. The van der Waals surface area contributed by atoms with Crippen molar-refractivity contribution in [3.8, 4) is 0 Å². The fraction of sp³-hybridized carbons (Fsp3) is 0.550. The third-order valence-electron chi connectivity index (χ3n) is 5.08. The van der Waals surface area contributed by atoms with Crippen molar-refractivity contribution in [1.82, 2.24) is 19.1 Å². The topological polar surface area (TPSA) is 167 Å². The van der Waals surface area contributed by atoms with Gasteiger partial charge in [0.1, 0.15) is 25.1 Å². The van der Waals surface area contributed by atoms with Gasteiger partial charge in [0.25, 0.3) is 5.56 Å². The van der Waals surface area contributed by atoms with Crippen molar-refractivity contribution in [2.75, 3.05) is 13.7 Å². The van der Waals surface area contributed by atoms with Crippen LogP contribution in [0.3, 0.4) is 0 Å². The molecule has 0 saturated carbocycles. The monoisotopic (exact) mass is 480 g/mol. The van der Waals surface area contributed by atoms with Gasteiger partial charge in [-0.1, -0.05) is 0 Å². The number of imidazole rings is 1. The van der Waals surface area contributed by atoms with E-state index in [2.05, 4.69) is 14.7 Å². The molecule has 14 heteroatoms. The van der Waals surface area contributed by atoms with E-state index in [-0.39, 0.29) is 17.8 Å². The number of carbonyl (C=O) groups is 4. The third-order valence-corrected chi connectivity index (χ3v) is 5.08. The predicted molar refractivity (Wildman–Crippen MR) is 110 cm³/mol. The van der Waals surface area contributed by atoms with E-state index in [1.165, 1.54) is 45.7 Å². The zero-order chi connectivity index (χ0) is 25.2. The Morgan fingerprint density at radius 1 is 1.03 bits per heavy atom. The number of aromatic nitrogens is 4. The van der Waals surface area contributed by atoms with Crippen LogP contribution in [0, 0.1) is 0 Å². The van der Waals surface area contributed by atoms with Gasteiger partial charge in [0, 0.05) is 20.8 Å². The van der Waals surface area contributed by atoms with Crippen LogP contribution in [0.2, 0.25) is 0 Å². The van der Waals surface area contributed by atoms with Crippen LogP contribution in [0.15, 0.2) is 17.4 Å². The number of fused-ring (bicyclic) bond motifs is 1. The molecule has 34 heavy (non-hydrogen) atoms. The van der Waals surface area contributed by atoms with Gasteiger partial charge in [0.15, 0.2) is 29.6 Å². The van der Waals surface area contributed by atoms with Crippen LogP contribution < -0.4 is 5.56 Å². The molecule has 0 bridgehead atoms. The number of carbonyl (C=O) groups excluding carboxylic acids is 4. The molecule has 0 aromatic carbocycles. The first-order valence-electron chi connectivity index (χ1n) is 10.2. The van der Waals surface area contributed by atoms with E-state index in [1.54, 1.807) is 0 Å². The van der Waals surface area contributed by atoms with E-state index in [4.69, 9.17) is 18.9 Å². The van der Waals surface area contributed by atoms with Crippen molar-refractivity contribution in [1.29, 1.82) is 0 Å². The Morgan fingerprint density at radius 3 is 2.26 bits per heavy atom. The molecule has 184 valence electrons. The molecular formula is C20H24N4O10. The normalized spacial score (nSPS) is 22.7. The lowest BCUT2D eigenvalue weighted by atomic mass is 10.1. The average Bonchev–Trinajstić information content (AvgIpc) is 3.33. The summed E-state index contributed by atoms with van der Waals surface area (Å²) < 4.78 is 28.7. The molecular weight excluding hydrogens is 456 g/mol. The zero-order valence-corrected chi connectivity index (χ0v) is 19.1. The molecule has 3 rings (SSSR count). The van der Waals surface area contributed by atoms with Crippen molar-refractivity contribution >= 4 is 35.0 Å². The van der Waals surface area contributed by atoms with Crippen LogP contribution in [0.5, 0.6) is 0 Å². The van der Waals surface area contributed by atoms with Crippen LogP contribution in [0.1, 0.15) is 40.0 Å². The number of esters is 4. The van der Waals surface area contributed by atoms with Crippen LogP contribution in [0.25, 0.3) is 11.2 Å². The maximum Gasteiger partial charge on any atom is 0.328 e. The van der Waals surface area contributed by atoms with Crippen molar-refractivity contribution < 1.29 is 42.9 Å². The molecule has 3 heterocycles. The molecule has 14 nitrogen and oxygen atoms in total. The number of rotatable bonds is 7. The summed E-state index contributed by atoms with van der Waals surface area (Å²) >= 11 is 0. The van der Waals surface area contributed by atoms with Gasteiger partial charge in [-0.15, -0.1) is 0 Å². The summed E-state index contributed by atoms with van der Waals surface area (Å²) in [5.41, 5.74) is -0.636. The molecule has 0 amide bonds. The van der Waals surface area contributed by atoms with Crippen molar-refractivity contribution in [3.63, 3.8) is 0 Å². The highest BCUT2D eigenvalue weighted by atomic mass is 16.7. The van der Waals surface area contributed by atoms with Crippen LogP contribution >= 0.6 is 0 Å². The Balaban J connectivity index is 2.05. The molecule has 2 aromatic heterocycles. The molecule has 5 atom stereocenters. The zero-order valence-electron chi connectivity index (χ0n) is 19.1. The minimum Gasteiger partial charge on any atom is -0.467 e. The van der Waals surface area contributed by atoms with Crippen LogP contribution in [0.4, 0.5) is 0 Å². The second-order valence-corrected chi connectivity index (χ2v) is 7.50. The van der Waals surface area contributed by atoms with Gasteiger partial charge in [-0.3, -0.25) is 28.3 Å². The molecule has 0 N–H and O–H groups in total. The van der Waals surface area contributed by atoms with Crippen molar-refractivity contribution in [2.45, 2.75) is 58.3 Å². The summed E-state index contributed by atoms with van der Waals surface area (Å²) in [6.45, 7) is 4.71. The molecule has 0 aliphatic carbocycles. The Kier molecular flexibility index (Phi) is 7.29. The van der Waals surface area contributed by atoms with Crippen LogP contribution in [-0.2, 0) is 42.9 Å². The highest BCUT2D eigenvalue weighted by Crippen LogP contribution is 2.35. The first-order chi connectivity index (χ1) is 16.0. The fourth-order valence-electron chi connectivity index (χ4n) is 3.59. The lowest BCUT2D eigenvalue weighted by molar-refractivity contribution is -0.166. The van der Waals surface area contributed by atoms with Gasteiger partial charge in [0.05, 0.1) is 13.4 Å². The minimum absolute atomic E-state index is 0.0650. The molecule has 0 spiro atoms. The van der Waals surface area contributed by atoms with Gasteiger partial charge < -0.3 is 23.7 Å². The van der Waals surface area contributed by atoms with E-state index in [0.29, 0.717) is 0 Å². The average molecular weight is 480 g/mol. The SMILES string of the molecule is COC(=O)C(C)n1cnc2c(ncn2[C@@H]2O[C@H](COC(C)=O)[C@@H](OC(C)=O)[C@H]2OC(C)=O)c1=O. The summed E-state index contributed by atoms with van der Waals surface area (Å²) in [6, 6.07) is -0.947. The number of ether oxygens (including phenoxy) is 5. The van der Waals surface area contributed by atoms with E-state index < -0.39 is 60.0 Å².